The van der Waals surface area contributed by atoms with Gasteiger partial charge in [0.25, 0.3) is 5.92 Å². The van der Waals surface area contributed by atoms with Crippen molar-refractivity contribution in [2.24, 2.45) is 5.73 Å². The zero-order valence-electron chi connectivity index (χ0n) is 10.3. The summed E-state index contributed by atoms with van der Waals surface area (Å²) in [6, 6.07) is 2.74. The van der Waals surface area contributed by atoms with Crippen molar-refractivity contribution < 1.29 is 23.4 Å². The van der Waals surface area contributed by atoms with Gasteiger partial charge in [0.05, 0.1) is 19.8 Å². The summed E-state index contributed by atoms with van der Waals surface area (Å²) in [5.74, 6) is -2.58. The summed E-state index contributed by atoms with van der Waals surface area (Å²) >= 11 is 0. The van der Waals surface area contributed by atoms with Gasteiger partial charge in [-0.2, -0.15) is 0 Å². The molecule has 0 spiro atoms. The van der Waals surface area contributed by atoms with Gasteiger partial charge >= 0.3 is 0 Å². The number of benzene rings is 1. The van der Waals surface area contributed by atoms with Crippen LogP contribution in [-0.4, -0.2) is 31.4 Å². The van der Waals surface area contributed by atoms with E-state index in [1.165, 1.54) is 25.3 Å². The number of rotatable bonds is 6. The number of hydrogen-bond acceptors (Lipinski definition) is 4. The summed E-state index contributed by atoms with van der Waals surface area (Å²) in [7, 11) is 1.46. The minimum Gasteiger partial charge on any atom is -0.493 e. The average Bonchev–Trinajstić information content (AvgIpc) is 2.38. The monoisotopic (exact) mass is 261 g/mol. The first kappa shape index (κ1) is 14.7. The first-order valence-electron chi connectivity index (χ1n) is 5.51. The Morgan fingerprint density at radius 3 is 2.56 bits per heavy atom. The molecule has 1 aromatic carbocycles. The van der Waals surface area contributed by atoms with Crippen molar-refractivity contribution in [3.8, 4) is 11.5 Å². The Hall–Kier alpha value is -1.40. The van der Waals surface area contributed by atoms with E-state index in [0.29, 0.717) is 18.1 Å². The lowest BCUT2D eigenvalue weighted by atomic mass is 10.0. The first-order valence-corrected chi connectivity index (χ1v) is 5.51. The van der Waals surface area contributed by atoms with Crippen molar-refractivity contribution in [2.75, 3.05) is 20.3 Å². The summed E-state index contributed by atoms with van der Waals surface area (Å²) in [5, 5.41) is 8.61. The Balaban J connectivity index is 3.07. The molecule has 3 N–H and O–H groups in total. The molecule has 1 aromatic rings. The number of aliphatic hydroxyl groups is 1. The Morgan fingerprint density at radius 1 is 1.39 bits per heavy atom. The van der Waals surface area contributed by atoms with Gasteiger partial charge in [-0.3, -0.25) is 0 Å². The van der Waals surface area contributed by atoms with Crippen LogP contribution in [0.15, 0.2) is 18.2 Å². The second-order valence-electron chi connectivity index (χ2n) is 3.74. The van der Waals surface area contributed by atoms with Gasteiger partial charge in [-0.15, -0.1) is 0 Å². The smallest absolute Gasteiger partial charge is 0.289 e. The molecule has 0 unspecified atom stereocenters. The molecule has 0 fully saturated rings. The third-order valence-corrected chi connectivity index (χ3v) is 2.51. The number of halogens is 2. The lowest BCUT2D eigenvalue weighted by molar-refractivity contribution is -0.0712. The number of hydrogen-bond donors (Lipinski definition) is 2. The van der Waals surface area contributed by atoms with Gasteiger partial charge in [-0.25, -0.2) is 8.78 Å². The van der Waals surface area contributed by atoms with E-state index in [-0.39, 0.29) is 5.56 Å². The molecule has 102 valence electrons. The number of alkyl halides is 2. The highest BCUT2D eigenvalue weighted by molar-refractivity contribution is 5.44. The summed E-state index contributed by atoms with van der Waals surface area (Å²) in [6.45, 7) is 0.851. The number of ether oxygens (including phenoxy) is 2. The quantitative estimate of drug-likeness (QED) is 0.818. The molecular formula is C12H17F2NO3. The van der Waals surface area contributed by atoms with Gasteiger partial charge in [0.1, 0.15) is 6.61 Å². The third kappa shape index (κ3) is 3.08. The number of methoxy groups -OCH3 is 1. The van der Waals surface area contributed by atoms with E-state index in [2.05, 4.69) is 0 Å². The van der Waals surface area contributed by atoms with Crippen LogP contribution >= 0.6 is 0 Å². The second kappa shape index (κ2) is 5.97. The van der Waals surface area contributed by atoms with E-state index in [0.717, 1.165) is 0 Å². The van der Waals surface area contributed by atoms with Crippen molar-refractivity contribution in [3.63, 3.8) is 0 Å². The molecule has 1 rings (SSSR count). The van der Waals surface area contributed by atoms with Gasteiger partial charge in [0.15, 0.2) is 11.5 Å². The van der Waals surface area contributed by atoms with Gasteiger partial charge < -0.3 is 20.3 Å². The fraction of sp³-hybridized carbons (Fsp3) is 0.500. The van der Waals surface area contributed by atoms with E-state index < -0.39 is 18.6 Å². The van der Waals surface area contributed by atoms with Gasteiger partial charge in [0, 0.05) is 0 Å². The summed E-state index contributed by atoms with van der Waals surface area (Å²) < 4.78 is 36.9. The predicted molar refractivity (Wildman–Crippen MR) is 63.1 cm³/mol. The van der Waals surface area contributed by atoms with Crippen LogP contribution in [0.1, 0.15) is 18.5 Å². The molecule has 6 heteroatoms. The molecule has 4 nitrogen and oxygen atoms in total. The molecule has 0 saturated heterocycles. The van der Waals surface area contributed by atoms with Crippen LogP contribution < -0.4 is 15.2 Å². The average molecular weight is 261 g/mol. The highest BCUT2D eigenvalue weighted by Gasteiger charge is 2.37. The van der Waals surface area contributed by atoms with E-state index in [4.69, 9.17) is 20.3 Å². The van der Waals surface area contributed by atoms with Crippen LogP contribution in [0.3, 0.4) is 0 Å². The maximum absolute atomic E-state index is 13.3. The molecule has 0 heterocycles. The van der Waals surface area contributed by atoms with Crippen molar-refractivity contribution in [2.45, 2.75) is 18.9 Å². The number of aliphatic hydroxyl groups excluding tert-OH is 1. The molecule has 0 aromatic heterocycles. The fourth-order valence-corrected chi connectivity index (χ4v) is 1.50. The molecule has 1 atom stereocenters. The molecule has 0 bridgehead atoms. The third-order valence-electron chi connectivity index (χ3n) is 2.51. The standard InChI is InChI=1S/C12H17F2NO3/c1-3-18-10-6-8(4-5-9(10)17-2)11(15)12(13,14)7-16/h4-6,11,16H,3,7,15H2,1-2H3/t11-/m0/s1. The largest absolute Gasteiger partial charge is 0.493 e. The SMILES string of the molecule is CCOc1cc([C@H](N)C(F)(F)CO)ccc1OC. The zero-order valence-corrected chi connectivity index (χ0v) is 10.3. The molecular weight excluding hydrogens is 244 g/mol. The maximum Gasteiger partial charge on any atom is 0.289 e. The predicted octanol–water partition coefficient (Wildman–Crippen LogP) is 1.72. The lowest BCUT2D eigenvalue weighted by Gasteiger charge is -2.22. The van der Waals surface area contributed by atoms with Crippen molar-refractivity contribution in [1.82, 2.24) is 0 Å². The maximum atomic E-state index is 13.3. The topological polar surface area (TPSA) is 64.7 Å². The lowest BCUT2D eigenvalue weighted by Crippen LogP contribution is -2.36. The molecule has 0 radical (unpaired) electrons. The van der Waals surface area contributed by atoms with Crippen LogP contribution in [0, 0.1) is 0 Å². The van der Waals surface area contributed by atoms with Gasteiger partial charge in [-0.1, -0.05) is 6.07 Å². The number of nitrogens with two attached hydrogens (primary N) is 1. The second-order valence-corrected chi connectivity index (χ2v) is 3.74. The van der Waals surface area contributed by atoms with Crippen LogP contribution in [-0.2, 0) is 0 Å². The highest BCUT2D eigenvalue weighted by atomic mass is 19.3. The van der Waals surface area contributed by atoms with Crippen molar-refractivity contribution in [3.05, 3.63) is 23.8 Å². The molecule has 0 saturated carbocycles. The summed E-state index contributed by atoms with van der Waals surface area (Å²) in [5.41, 5.74) is 5.61. The van der Waals surface area contributed by atoms with Crippen molar-refractivity contribution >= 4 is 0 Å². The summed E-state index contributed by atoms with van der Waals surface area (Å²) in [6.07, 6.45) is 0. The van der Waals surface area contributed by atoms with Crippen LogP contribution in [0.5, 0.6) is 11.5 Å². The fourth-order valence-electron chi connectivity index (χ4n) is 1.50. The van der Waals surface area contributed by atoms with Gasteiger partial charge in [-0.05, 0) is 24.6 Å². The van der Waals surface area contributed by atoms with Crippen LogP contribution in [0.2, 0.25) is 0 Å². The zero-order chi connectivity index (χ0) is 13.8. The van der Waals surface area contributed by atoms with Crippen molar-refractivity contribution in [1.29, 1.82) is 0 Å². The van der Waals surface area contributed by atoms with E-state index in [1.54, 1.807) is 6.92 Å². The molecule has 0 aliphatic heterocycles. The summed E-state index contributed by atoms with van der Waals surface area (Å²) in [4.78, 5) is 0. The van der Waals surface area contributed by atoms with Crippen LogP contribution in [0.25, 0.3) is 0 Å². The molecule has 18 heavy (non-hydrogen) atoms. The Labute approximate surface area is 104 Å². The Morgan fingerprint density at radius 2 is 2.06 bits per heavy atom. The molecule has 0 aliphatic carbocycles. The van der Waals surface area contributed by atoms with Gasteiger partial charge in [0.2, 0.25) is 0 Å². The van der Waals surface area contributed by atoms with E-state index in [1.807, 2.05) is 0 Å². The highest BCUT2D eigenvalue weighted by Crippen LogP contribution is 2.34. The Bertz CT molecular complexity index is 399. The van der Waals surface area contributed by atoms with E-state index in [9.17, 15) is 8.78 Å². The Kier molecular flexibility index (Phi) is 4.86. The first-order chi connectivity index (χ1) is 8.46. The molecule has 0 amide bonds. The van der Waals surface area contributed by atoms with E-state index >= 15 is 0 Å². The normalized spacial score (nSPS) is 13.2. The minimum atomic E-state index is -3.38. The van der Waals surface area contributed by atoms with Crippen LogP contribution in [0.4, 0.5) is 8.78 Å². The minimum absolute atomic E-state index is 0.179. The molecule has 0 aliphatic rings.